The second-order valence-electron chi connectivity index (χ2n) is 7.29. The van der Waals surface area contributed by atoms with Gasteiger partial charge >= 0.3 is 0 Å². The summed E-state index contributed by atoms with van der Waals surface area (Å²) in [5, 5.41) is 18.0. The third-order valence-corrected chi connectivity index (χ3v) is 5.25. The highest BCUT2D eigenvalue weighted by Crippen LogP contribution is 2.30. The minimum Gasteiger partial charge on any atom is -0.351 e. The van der Waals surface area contributed by atoms with Crippen molar-refractivity contribution in [2.75, 3.05) is 10.6 Å². The van der Waals surface area contributed by atoms with Crippen molar-refractivity contribution in [3.8, 4) is 11.3 Å². The monoisotopic (exact) mass is 389 g/mol. The molecule has 148 valence electrons. The van der Waals surface area contributed by atoms with Gasteiger partial charge in [-0.25, -0.2) is 4.98 Å². The van der Waals surface area contributed by atoms with Crippen molar-refractivity contribution in [2.45, 2.75) is 38.6 Å². The molecule has 4 rings (SSSR count). The number of nitrogens with zero attached hydrogens (tertiary/aromatic N) is 3. The highest BCUT2D eigenvalue weighted by Gasteiger charge is 2.18. The molecule has 1 fully saturated rings. The Morgan fingerprint density at radius 3 is 2.52 bits per heavy atom. The Kier molecular flexibility index (Phi) is 5.37. The number of hydrogen-bond donors (Lipinski definition) is 2. The van der Waals surface area contributed by atoms with Crippen LogP contribution in [0.1, 0.15) is 31.2 Å². The normalized spacial score (nSPS) is 14.0. The van der Waals surface area contributed by atoms with Crippen LogP contribution in [-0.4, -0.2) is 20.9 Å². The number of hydrogen-bond acceptors (Lipinski definition) is 6. The van der Waals surface area contributed by atoms with Gasteiger partial charge in [-0.3, -0.25) is 10.1 Å². The first-order chi connectivity index (χ1) is 14.1. The molecule has 0 atom stereocenters. The van der Waals surface area contributed by atoms with E-state index in [1.165, 1.54) is 18.9 Å². The van der Waals surface area contributed by atoms with Crippen molar-refractivity contribution in [2.24, 2.45) is 0 Å². The van der Waals surface area contributed by atoms with E-state index in [0.717, 1.165) is 24.1 Å². The first kappa shape index (κ1) is 18.9. The fourth-order valence-corrected chi connectivity index (χ4v) is 3.68. The molecule has 1 aliphatic carbocycles. The third-order valence-electron chi connectivity index (χ3n) is 5.25. The maximum Gasteiger partial charge on any atom is 0.274 e. The molecule has 0 saturated heterocycles. The first-order valence-corrected chi connectivity index (χ1v) is 9.82. The van der Waals surface area contributed by atoms with Crippen molar-refractivity contribution in [1.82, 2.24) is 9.97 Å². The van der Waals surface area contributed by atoms with Crippen LogP contribution in [0.3, 0.4) is 0 Å². The molecule has 7 nitrogen and oxygen atoms in total. The minimum absolute atomic E-state index is 0.0802. The molecule has 29 heavy (non-hydrogen) atoms. The van der Waals surface area contributed by atoms with Crippen LogP contribution in [0.15, 0.2) is 54.6 Å². The topological polar surface area (TPSA) is 93.0 Å². The largest absolute Gasteiger partial charge is 0.351 e. The molecule has 1 saturated carbocycles. The molecule has 2 aromatic carbocycles. The molecular formula is C22H23N5O2. The van der Waals surface area contributed by atoms with Gasteiger partial charge in [-0.05, 0) is 25.8 Å². The number of rotatable bonds is 6. The quantitative estimate of drug-likeness (QED) is 0.430. The van der Waals surface area contributed by atoms with E-state index in [2.05, 4.69) is 15.6 Å². The average Bonchev–Trinajstić information content (AvgIpc) is 3.23. The molecule has 0 amide bonds. The fourth-order valence-electron chi connectivity index (χ4n) is 3.68. The SMILES string of the molecule is Cc1c(Nc2cc(-c3ccccc3)nc(NC3CCCC3)n2)cccc1[N+](=O)[O-]. The molecule has 1 aromatic heterocycles. The Hall–Kier alpha value is -3.48. The summed E-state index contributed by atoms with van der Waals surface area (Å²) in [5.74, 6) is 1.17. The molecule has 0 unspecified atom stereocenters. The van der Waals surface area contributed by atoms with E-state index < -0.39 is 0 Å². The molecule has 7 heteroatoms. The highest BCUT2D eigenvalue weighted by molar-refractivity contribution is 5.70. The van der Waals surface area contributed by atoms with Gasteiger partial charge in [0.1, 0.15) is 5.82 Å². The molecule has 0 radical (unpaired) electrons. The number of benzene rings is 2. The van der Waals surface area contributed by atoms with Gasteiger partial charge in [-0.2, -0.15) is 4.98 Å². The number of aromatic nitrogens is 2. The lowest BCUT2D eigenvalue weighted by Crippen LogP contribution is -2.17. The Labute approximate surface area is 169 Å². The van der Waals surface area contributed by atoms with Crippen molar-refractivity contribution >= 4 is 23.1 Å². The lowest BCUT2D eigenvalue weighted by Gasteiger charge is -2.15. The van der Waals surface area contributed by atoms with Crippen LogP contribution in [-0.2, 0) is 0 Å². The van der Waals surface area contributed by atoms with E-state index in [-0.39, 0.29) is 10.6 Å². The predicted octanol–water partition coefficient (Wildman–Crippen LogP) is 5.46. The maximum atomic E-state index is 11.3. The molecular weight excluding hydrogens is 366 g/mol. The van der Waals surface area contributed by atoms with Gasteiger partial charge in [-0.1, -0.05) is 49.2 Å². The molecule has 0 aliphatic heterocycles. The third kappa shape index (κ3) is 4.34. The standard InChI is InChI=1S/C22H23N5O2/c1-15-18(12-7-13-20(15)27(28)29)24-21-14-19(16-8-3-2-4-9-16)25-22(26-21)23-17-10-5-6-11-17/h2-4,7-9,12-14,17H,5-6,10-11H2,1H3,(H2,23,24,25,26). The van der Waals surface area contributed by atoms with Gasteiger partial charge in [0.05, 0.1) is 16.2 Å². The zero-order valence-electron chi connectivity index (χ0n) is 16.3. The van der Waals surface area contributed by atoms with Crippen molar-refractivity contribution in [1.29, 1.82) is 0 Å². The van der Waals surface area contributed by atoms with E-state index in [1.807, 2.05) is 42.5 Å². The van der Waals surface area contributed by atoms with Gasteiger partial charge in [0.2, 0.25) is 5.95 Å². The zero-order valence-corrected chi connectivity index (χ0v) is 16.3. The summed E-state index contributed by atoms with van der Waals surface area (Å²) in [6.45, 7) is 1.73. The second kappa shape index (κ2) is 8.26. The Bertz CT molecular complexity index is 1020. The van der Waals surface area contributed by atoms with Crippen molar-refractivity contribution in [3.05, 3.63) is 70.3 Å². The molecule has 1 aliphatic rings. The summed E-state index contributed by atoms with van der Waals surface area (Å²) < 4.78 is 0. The molecule has 3 aromatic rings. The summed E-state index contributed by atoms with van der Waals surface area (Å²) in [6.07, 6.45) is 4.67. The highest BCUT2D eigenvalue weighted by atomic mass is 16.6. The van der Waals surface area contributed by atoms with Crippen LogP contribution in [0.2, 0.25) is 0 Å². The van der Waals surface area contributed by atoms with Crippen LogP contribution < -0.4 is 10.6 Å². The second-order valence-corrected chi connectivity index (χ2v) is 7.29. The molecule has 2 N–H and O–H groups in total. The van der Waals surface area contributed by atoms with Crippen LogP contribution in [0.25, 0.3) is 11.3 Å². The summed E-state index contributed by atoms with van der Waals surface area (Å²) in [5.41, 5.74) is 3.10. The molecule has 0 spiro atoms. The van der Waals surface area contributed by atoms with E-state index in [0.29, 0.717) is 29.1 Å². The number of nitrogens with one attached hydrogen (secondary N) is 2. The first-order valence-electron chi connectivity index (χ1n) is 9.82. The number of nitro benzene ring substituents is 1. The van der Waals surface area contributed by atoms with Gasteiger partial charge in [-0.15, -0.1) is 0 Å². The smallest absolute Gasteiger partial charge is 0.274 e. The predicted molar refractivity (Wildman–Crippen MR) is 114 cm³/mol. The van der Waals surface area contributed by atoms with Crippen molar-refractivity contribution < 1.29 is 4.92 Å². The maximum absolute atomic E-state index is 11.3. The lowest BCUT2D eigenvalue weighted by molar-refractivity contribution is -0.385. The van der Waals surface area contributed by atoms with Crippen LogP contribution in [0.5, 0.6) is 0 Å². The fraction of sp³-hybridized carbons (Fsp3) is 0.273. The Morgan fingerprint density at radius 1 is 1.03 bits per heavy atom. The summed E-state index contributed by atoms with van der Waals surface area (Å²) in [7, 11) is 0. The minimum atomic E-state index is -0.372. The van der Waals surface area contributed by atoms with E-state index in [1.54, 1.807) is 13.0 Å². The van der Waals surface area contributed by atoms with Crippen LogP contribution in [0.4, 0.5) is 23.1 Å². The summed E-state index contributed by atoms with van der Waals surface area (Å²) in [6, 6.07) is 17.2. The molecule has 0 bridgehead atoms. The van der Waals surface area contributed by atoms with Crippen molar-refractivity contribution in [3.63, 3.8) is 0 Å². The van der Waals surface area contributed by atoms with Gasteiger partial charge < -0.3 is 10.6 Å². The van der Waals surface area contributed by atoms with Crippen LogP contribution in [0, 0.1) is 17.0 Å². The van der Waals surface area contributed by atoms with E-state index in [9.17, 15) is 10.1 Å². The average molecular weight is 389 g/mol. The summed E-state index contributed by atoms with van der Waals surface area (Å²) in [4.78, 5) is 20.2. The molecule has 1 heterocycles. The van der Waals surface area contributed by atoms with Gasteiger partial charge in [0, 0.05) is 29.4 Å². The van der Waals surface area contributed by atoms with Gasteiger partial charge in [0.25, 0.3) is 5.69 Å². The van der Waals surface area contributed by atoms with E-state index in [4.69, 9.17) is 4.98 Å². The number of anilines is 3. The Balaban J connectivity index is 1.70. The Morgan fingerprint density at radius 2 is 1.79 bits per heavy atom. The van der Waals surface area contributed by atoms with Crippen LogP contribution >= 0.6 is 0 Å². The van der Waals surface area contributed by atoms with E-state index >= 15 is 0 Å². The summed E-state index contributed by atoms with van der Waals surface area (Å²) >= 11 is 0. The lowest BCUT2D eigenvalue weighted by atomic mass is 10.1. The zero-order chi connectivity index (χ0) is 20.2. The number of nitro groups is 1. The van der Waals surface area contributed by atoms with Gasteiger partial charge in [0.15, 0.2) is 0 Å².